The molecule has 5 aromatic rings. The smallest absolute Gasteiger partial charge is 0.278 e. The van der Waals surface area contributed by atoms with Crippen LogP contribution < -0.4 is 5.32 Å². The SMILES string of the molecule is Cc1onc(C(=O)Nc2cc(-c3cccc4[nH]ccc34)cc3[nH]ncc23)c1CN1CCCC1. The average molecular weight is 441 g/mol. The van der Waals surface area contributed by atoms with Crippen LogP contribution in [0.3, 0.4) is 0 Å². The summed E-state index contributed by atoms with van der Waals surface area (Å²) in [4.78, 5) is 18.9. The molecule has 8 nitrogen and oxygen atoms in total. The van der Waals surface area contributed by atoms with Gasteiger partial charge in [0.1, 0.15) is 5.76 Å². The van der Waals surface area contributed by atoms with Crippen LogP contribution >= 0.6 is 0 Å². The quantitative estimate of drug-likeness (QED) is 0.362. The number of aromatic nitrogens is 4. The largest absolute Gasteiger partial charge is 0.361 e. The van der Waals surface area contributed by atoms with Gasteiger partial charge in [-0.25, -0.2) is 0 Å². The lowest BCUT2D eigenvalue weighted by molar-refractivity contribution is 0.101. The molecule has 0 radical (unpaired) electrons. The van der Waals surface area contributed by atoms with E-state index in [1.165, 1.54) is 12.8 Å². The van der Waals surface area contributed by atoms with E-state index < -0.39 is 0 Å². The first-order valence-electron chi connectivity index (χ1n) is 11.2. The number of hydrogen-bond acceptors (Lipinski definition) is 5. The van der Waals surface area contributed by atoms with Crippen molar-refractivity contribution in [3.63, 3.8) is 0 Å². The summed E-state index contributed by atoms with van der Waals surface area (Å²) in [7, 11) is 0. The van der Waals surface area contributed by atoms with Gasteiger partial charge in [0.05, 0.1) is 17.4 Å². The van der Waals surface area contributed by atoms with Crippen LogP contribution in [-0.2, 0) is 6.54 Å². The molecule has 0 unspecified atom stereocenters. The lowest BCUT2D eigenvalue weighted by Crippen LogP contribution is -2.22. The van der Waals surface area contributed by atoms with Gasteiger partial charge in [-0.15, -0.1) is 0 Å². The molecule has 166 valence electrons. The van der Waals surface area contributed by atoms with Crippen molar-refractivity contribution >= 4 is 33.4 Å². The zero-order chi connectivity index (χ0) is 22.4. The fourth-order valence-electron chi connectivity index (χ4n) is 4.75. The van der Waals surface area contributed by atoms with Gasteiger partial charge in [-0.1, -0.05) is 17.3 Å². The molecule has 33 heavy (non-hydrogen) atoms. The summed E-state index contributed by atoms with van der Waals surface area (Å²) in [6, 6.07) is 12.2. The zero-order valence-corrected chi connectivity index (χ0v) is 18.3. The third-order valence-corrected chi connectivity index (χ3v) is 6.49. The summed E-state index contributed by atoms with van der Waals surface area (Å²) in [5.74, 6) is 0.411. The third kappa shape index (κ3) is 3.48. The molecule has 0 spiro atoms. The molecule has 4 heterocycles. The Morgan fingerprint density at radius 3 is 2.91 bits per heavy atom. The fraction of sp³-hybridized carbons (Fsp3) is 0.240. The molecule has 0 bridgehead atoms. The molecule has 6 rings (SSSR count). The van der Waals surface area contributed by atoms with Crippen molar-refractivity contribution in [1.82, 2.24) is 25.2 Å². The standard InChI is InChI=1S/C25H24N6O2/c1-15-20(14-31-9-2-3-10-31)24(30-33-15)25(32)28-22-11-16(12-23-19(22)13-27-29-23)17-5-4-6-21-18(17)7-8-26-21/h4-8,11-13,26H,2-3,9-10,14H2,1H3,(H,27,29)(H,28,32). The van der Waals surface area contributed by atoms with Gasteiger partial charge in [0.15, 0.2) is 5.69 Å². The maximum absolute atomic E-state index is 13.3. The van der Waals surface area contributed by atoms with Crippen molar-refractivity contribution in [2.75, 3.05) is 18.4 Å². The number of aryl methyl sites for hydroxylation is 1. The molecule has 1 saturated heterocycles. The highest BCUT2D eigenvalue weighted by Crippen LogP contribution is 2.34. The summed E-state index contributed by atoms with van der Waals surface area (Å²) >= 11 is 0. The van der Waals surface area contributed by atoms with E-state index in [0.717, 1.165) is 51.6 Å². The van der Waals surface area contributed by atoms with Gasteiger partial charge in [-0.3, -0.25) is 14.8 Å². The van der Waals surface area contributed by atoms with Crippen LogP contribution in [0.1, 0.15) is 34.7 Å². The summed E-state index contributed by atoms with van der Waals surface area (Å²) in [5, 5.41) is 16.4. The topological polar surface area (TPSA) is 103 Å². The van der Waals surface area contributed by atoms with Crippen molar-refractivity contribution < 1.29 is 9.32 Å². The number of fused-ring (bicyclic) bond motifs is 2. The summed E-state index contributed by atoms with van der Waals surface area (Å²) < 4.78 is 5.41. The number of likely N-dealkylation sites (tertiary alicyclic amines) is 1. The molecule has 1 amide bonds. The molecule has 3 N–H and O–H groups in total. The average Bonchev–Trinajstić information content (AvgIpc) is 3.62. The molecule has 1 fully saturated rings. The number of hydrogen-bond donors (Lipinski definition) is 3. The molecule has 3 aromatic heterocycles. The maximum Gasteiger partial charge on any atom is 0.278 e. The first kappa shape index (κ1) is 19.8. The normalized spacial score (nSPS) is 14.5. The molecule has 8 heteroatoms. The second-order valence-electron chi connectivity index (χ2n) is 8.60. The van der Waals surface area contributed by atoms with Gasteiger partial charge in [0.2, 0.25) is 0 Å². The highest BCUT2D eigenvalue weighted by atomic mass is 16.5. The minimum Gasteiger partial charge on any atom is -0.361 e. The van der Waals surface area contributed by atoms with Crippen LogP contribution in [0.5, 0.6) is 0 Å². The number of H-pyrrole nitrogens is 2. The lowest BCUT2D eigenvalue weighted by atomic mass is 9.99. The number of nitrogens with zero attached hydrogens (tertiary/aromatic N) is 3. The molecule has 0 aliphatic carbocycles. The van der Waals surface area contributed by atoms with E-state index in [9.17, 15) is 4.79 Å². The van der Waals surface area contributed by atoms with Crippen LogP contribution in [0.25, 0.3) is 32.9 Å². The monoisotopic (exact) mass is 440 g/mol. The second kappa shape index (κ2) is 7.90. The molecule has 2 aromatic carbocycles. The van der Waals surface area contributed by atoms with E-state index in [1.54, 1.807) is 6.20 Å². The van der Waals surface area contributed by atoms with Crippen molar-refractivity contribution in [2.45, 2.75) is 26.3 Å². The van der Waals surface area contributed by atoms with Crippen LogP contribution in [0.4, 0.5) is 5.69 Å². The first-order chi connectivity index (χ1) is 16.2. The van der Waals surface area contributed by atoms with Crippen molar-refractivity contribution in [3.05, 3.63) is 65.8 Å². The molecule has 0 saturated carbocycles. The minimum atomic E-state index is -0.277. The van der Waals surface area contributed by atoms with Crippen molar-refractivity contribution in [3.8, 4) is 11.1 Å². The van der Waals surface area contributed by atoms with Gasteiger partial charge in [0, 0.05) is 34.6 Å². The molecule has 0 atom stereocenters. The van der Waals surface area contributed by atoms with Gasteiger partial charge in [-0.2, -0.15) is 5.10 Å². The number of aromatic amines is 2. The van der Waals surface area contributed by atoms with Crippen LogP contribution in [-0.4, -0.2) is 44.2 Å². The van der Waals surface area contributed by atoms with E-state index in [4.69, 9.17) is 4.52 Å². The molecule has 1 aliphatic heterocycles. The maximum atomic E-state index is 13.3. The molecular weight excluding hydrogens is 416 g/mol. The lowest BCUT2D eigenvalue weighted by Gasteiger charge is -2.14. The number of rotatable bonds is 5. The fourth-order valence-corrected chi connectivity index (χ4v) is 4.75. The van der Waals surface area contributed by atoms with Crippen molar-refractivity contribution in [1.29, 1.82) is 0 Å². The van der Waals surface area contributed by atoms with Gasteiger partial charge >= 0.3 is 0 Å². The number of carbonyl (C=O) groups excluding carboxylic acids is 1. The van der Waals surface area contributed by atoms with E-state index in [0.29, 0.717) is 23.7 Å². The molecular formula is C25H24N6O2. The molecule has 1 aliphatic rings. The minimum absolute atomic E-state index is 0.277. The predicted molar refractivity (Wildman–Crippen MR) is 127 cm³/mol. The van der Waals surface area contributed by atoms with Gasteiger partial charge < -0.3 is 14.8 Å². The van der Waals surface area contributed by atoms with Crippen LogP contribution in [0, 0.1) is 6.92 Å². The second-order valence-corrected chi connectivity index (χ2v) is 8.60. The van der Waals surface area contributed by atoms with Gasteiger partial charge in [-0.05, 0) is 68.2 Å². The summed E-state index contributed by atoms with van der Waals surface area (Å²) in [6.45, 7) is 4.61. The van der Waals surface area contributed by atoms with E-state index in [-0.39, 0.29) is 5.91 Å². The van der Waals surface area contributed by atoms with Crippen LogP contribution in [0.2, 0.25) is 0 Å². The summed E-state index contributed by atoms with van der Waals surface area (Å²) in [5.41, 5.74) is 5.85. The Morgan fingerprint density at radius 1 is 1.15 bits per heavy atom. The first-order valence-corrected chi connectivity index (χ1v) is 11.2. The van der Waals surface area contributed by atoms with Crippen LogP contribution in [0.15, 0.2) is 53.3 Å². The number of carbonyl (C=O) groups is 1. The highest BCUT2D eigenvalue weighted by molar-refractivity contribution is 6.10. The predicted octanol–water partition coefficient (Wildman–Crippen LogP) is 4.86. The van der Waals surface area contributed by atoms with Gasteiger partial charge in [0.25, 0.3) is 5.91 Å². The Balaban J connectivity index is 1.37. The number of anilines is 1. The summed E-state index contributed by atoms with van der Waals surface area (Å²) in [6.07, 6.45) is 6.03. The Labute approximate surface area is 190 Å². The van der Waals surface area contributed by atoms with E-state index >= 15 is 0 Å². The Bertz CT molecular complexity index is 1470. The van der Waals surface area contributed by atoms with Crippen molar-refractivity contribution in [2.24, 2.45) is 0 Å². The Kier molecular flexibility index (Phi) is 4.73. The number of benzene rings is 2. The van der Waals surface area contributed by atoms with E-state index in [1.807, 2.05) is 31.3 Å². The number of amides is 1. The third-order valence-electron chi connectivity index (χ3n) is 6.49. The highest BCUT2D eigenvalue weighted by Gasteiger charge is 2.24. The zero-order valence-electron chi connectivity index (χ0n) is 18.3. The van der Waals surface area contributed by atoms with E-state index in [2.05, 4.69) is 48.8 Å². The Morgan fingerprint density at radius 2 is 2.03 bits per heavy atom. The Hall–Kier alpha value is -3.91. The number of nitrogens with one attached hydrogen (secondary N) is 3.